The van der Waals surface area contributed by atoms with Crippen molar-refractivity contribution in [2.24, 2.45) is 0 Å². The number of nitrogens with one attached hydrogen (secondary N) is 2. The van der Waals surface area contributed by atoms with Gasteiger partial charge in [-0.25, -0.2) is 29.8 Å². The molecule has 204 valence electrons. The van der Waals surface area contributed by atoms with Gasteiger partial charge in [-0.3, -0.25) is 9.13 Å². The minimum Gasteiger partial charge on any atom is -0.337 e. The third kappa shape index (κ3) is 6.59. The van der Waals surface area contributed by atoms with Crippen molar-refractivity contribution in [2.75, 3.05) is 0 Å². The minimum absolute atomic E-state index is 0.172. The maximum absolute atomic E-state index is 11.8. The molecular formula is C28H30N10O2. The van der Waals surface area contributed by atoms with Crippen LogP contribution in [-0.2, 0) is 26.2 Å². The van der Waals surface area contributed by atoms with Crippen molar-refractivity contribution < 1.29 is 0 Å². The lowest BCUT2D eigenvalue weighted by atomic mass is 10.2. The zero-order valence-corrected chi connectivity index (χ0v) is 21.9. The Morgan fingerprint density at radius 1 is 0.575 bits per heavy atom. The van der Waals surface area contributed by atoms with Crippen LogP contribution in [0.4, 0.5) is 0 Å². The van der Waals surface area contributed by atoms with Crippen LogP contribution in [-0.4, -0.2) is 48.6 Å². The lowest BCUT2D eigenvalue weighted by Crippen LogP contribution is -2.18. The van der Waals surface area contributed by atoms with Crippen LogP contribution in [0, 0.1) is 0 Å². The molecule has 6 aromatic rings. The number of hydrogen-bond donors (Lipinski definition) is 2. The molecule has 12 heteroatoms. The fourth-order valence-electron chi connectivity index (χ4n) is 4.33. The van der Waals surface area contributed by atoms with Gasteiger partial charge in [-0.15, -0.1) is 0 Å². The number of imidazole rings is 2. The highest BCUT2D eigenvalue weighted by molar-refractivity contribution is 5.55. The molecule has 2 N–H and O–H groups in total. The molecule has 0 aliphatic rings. The summed E-state index contributed by atoms with van der Waals surface area (Å²) in [5.74, 6) is 1.36. The van der Waals surface area contributed by atoms with Crippen molar-refractivity contribution in [2.45, 2.75) is 39.0 Å². The highest BCUT2D eigenvalue weighted by atomic mass is 16.2. The van der Waals surface area contributed by atoms with Crippen molar-refractivity contribution in [3.05, 3.63) is 119 Å². The lowest BCUT2D eigenvalue weighted by Gasteiger charge is -2.06. The Bertz CT molecular complexity index is 1550. The van der Waals surface area contributed by atoms with Crippen LogP contribution >= 0.6 is 0 Å². The molecule has 0 saturated heterocycles. The highest BCUT2D eigenvalue weighted by Crippen LogP contribution is 2.15. The summed E-state index contributed by atoms with van der Waals surface area (Å²) >= 11 is 0. The largest absolute Gasteiger partial charge is 0.343 e. The minimum atomic E-state index is -0.172. The van der Waals surface area contributed by atoms with Gasteiger partial charge in [-0.2, -0.15) is 10.2 Å². The summed E-state index contributed by atoms with van der Waals surface area (Å²) in [6.07, 6.45) is 12.6. The number of H-pyrrole nitrogens is 2. The second-order valence-corrected chi connectivity index (χ2v) is 9.05. The van der Waals surface area contributed by atoms with Gasteiger partial charge in [0, 0.05) is 62.1 Å². The molecular weight excluding hydrogens is 508 g/mol. The van der Waals surface area contributed by atoms with Crippen LogP contribution in [0.5, 0.6) is 0 Å². The Labute approximate surface area is 229 Å². The Morgan fingerprint density at radius 3 is 1.38 bits per heavy atom. The maximum atomic E-state index is 11.8. The molecule has 0 bridgehead atoms. The Balaban J connectivity index is 0.000000161. The molecule has 4 heterocycles. The summed E-state index contributed by atoms with van der Waals surface area (Å²) in [5.41, 5.74) is 1.53. The van der Waals surface area contributed by atoms with Gasteiger partial charge in [0.05, 0.1) is 12.7 Å². The molecule has 0 spiro atoms. The van der Waals surface area contributed by atoms with E-state index in [-0.39, 0.29) is 11.4 Å². The van der Waals surface area contributed by atoms with E-state index in [4.69, 9.17) is 0 Å². The van der Waals surface area contributed by atoms with Gasteiger partial charge in [0.25, 0.3) is 0 Å². The summed E-state index contributed by atoms with van der Waals surface area (Å²) in [6.45, 7) is 2.90. The van der Waals surface area contributed by atoms with E-state index in [0.717, 1.165) is 37.1 Å². The maximum Gasteiger partial charge on any atom is 0.343 e. The number of benzene rings is 2. The fourth-order valence-corrected chi connectivity index (χ4v) is 4.33. The Kier molecular flexibility index (Phi) is 8.57. The fraction of sp³-hybridized carbons (Fsp3) is 0.214. The van der Waals surface area contributed by atoms with E-state index >= 15 is 0 Å². The predicted molar refractivity (Wildman–Crippen MR) is 150 cm³/mol. The first-order chi connectivity index (χ1) is 19.7. The third-order valence-electron chi connectivity index (χ3n) is 6.29. The van der Waals surface area contributed by atoms with Crippen LogP contribution in [0.25, 0.3) is 22.8 Å². The zero-order chi connectivity index (χ0) is 27.6. The van der Waals surface area contributed by atoms with Crippen molar-refractivity contribution in [3.63, 3.8) is 0 Å². The van der Waals surface area contributed by atoms with Crippen LogP contribution in [0.1, 0.15) is 12.8 Å². The summed E-state index contributed by atoms with van der Waals surface area (Å²) < 4.78 is 7.33. The molecule has 0 saturated carbocycles. The average Bonchev–Trinajstić information content (AvgIpc) is 3.81. The zero-order valence-electron chi connectivity index (χ0n) is 21.9. The second kappa shape index (κ2) is 13.0. The number of aromatic nitrogens is 10. The first-order valence-electron chi connectivity index (χ1n) is 13.0. The van der Waals surface area contributed by atoms with E-state index < -0.39 is 0 Å². The standard InChI is InChI=1S/2C14H15N5O/c2*20-14-17-16-13(12-5-2-1-3-6-12)19(14)9-4-8-18-10-7-15-11-18/h2*1-3,5-7,10-11H,4,8-9H2,(H,17,20). The van der Waals surface area contributed by atoms with Gasteiger partial charge in [-0.1, -0.05) is 60.7 Å². The third-order valence-corrected chi connectivity index (χ3v) is 6.29. The van der Waals surface area contributed by atoms with Crippen LogP contribution < -0.4 is 11.4 Å². The van der Waals surface area contributed by atoms with Crippen LogP contribution in [0.2, 0.25) is 0 Å². The number of aryl methyl sites for hydroxylation is 2. The van der Waals surface area contributed by atoms with Gasteiger partial charge >= 0.3 is 11.4 Å². The molecule has 2 aromatic carbocycles. The van der Waals surface area contributed by atoms with E-state index in [2.05, 4.69) is 30.4 Å². The van der Waals surface area contributed by atoms with Crippen molar-refractivity contribution >= 4 is 0 Å². The summed E-state index contributed by atoms with van der Waals surface area (Å²) in [5, 5.41) is 13.3. The van der Waals surface area contributed by atoms with Gasteiger partial charge in [0.15, 0.2) is 11.6 Å². The van der Waals surface area contributed by atoms with Crippen LogP contribution in [0.15, 0.2) is 108 Å². The van der Waals surface area contributed by atoms with Crippen molar-refractivity contribution in [1.82, 2.24) is 48.6 Å². The second-order valence-electron chi connectivity index (χ2n) is 9.05. The van der Waals surface area contributed by atoms with Crippen molar-refractivity contribution in [3.8, 4) is 22.8 Å². The van der Waals surface area contributed by atoms with Gasteiger partial charge in [0.1, 0.15) is 0 Å². The molecule has 0 aliphatic heterocycles. The molecule has 0 radical (unpaired) electrons. The molecule has 0 atom stereocenters. The molecule has 4 aromatic heterocycles. The molecule has 0 amide bonds. The first-order valence-corrected chi connectivity index (χ1v) is 13.0. The normalized spacial score (nSPS) is 10.8. The Hall–Kier alpha value is -5.26. The molecule has 12 nitrogen and oxygen atoms in total. The van der Waals surface area contributed by atoms with E-state index in [0.29, 0.717) is 24.7 Å². The number of nitrogens with zero attached hydrogens (tertiary/aromatic N) is 8. The quantitative estimate of drug-likeness (QED) is 0.275. The topological polar surface area (TPSA) is 137 Å². The number of aromatic amines is 2. The van der Waals surface area contributed by atoms with Crippen LogP contribution in [0.3, 0.4) is 0 Å². The predicted octanol–water partition coefficient (Wildman–Crippen LogP) is 3.05. The number of hydrogen-bond acceptors (Lipinski definition) is 6. The lowest BCUT2D eigenvalue weighted by molar-refractivity contribution is 0.556. The summed E-state index contributed by atoms with van der Waals surface area (Å²) in [4.78, 5) is 31.7. The molecule has 0 unspecified atom stereocenters. The summed E-state index contributed by atoms with van der Waals surface area (Å²) in [7, 11) is 0. The number of rotatable bonds is 10. The highest BCUT2D eigenvalue weighted by Gasteiger charge is 2.10. The molecule has 6 rings (SSSR count). The van der Waals surface area contributed by atoms with Gasteiger partial charge in [-0.05, 0) is 12.8 Å². The van der Waals surface area contributed by atoms with E-state index in [1.54, 1.807) is 34.2 Å². The van der Waals surface area contributed by atoms with Gasteiger partial charge < -0.3 is 9.13 Å². The van der Waals surface area contributed by atoms with E-state index in [1.807, 2.05) is 82.2 Å². The SMILES string of the molecule is O=c1[nH]nc(-c2ccccc2)n1CCCn1ccnc1.O=c1[nH]nc(-c2ccccc2)n1CCCn1ccnc1. The van der Waals surface area contributed by atoms with Crippen molar-refractivity contribution in [1.29, 1.82) is 0 Å². The first kappa shape index (κ1) is 26.4. The average molecular weight is 539 g/mol. The van der Waals surface area contributed by atoms with E-state index in [9.17, 15) is 9.59 Å². The van der Waals surface area contributed by atoms with Gasteiger partial charge in [0.2, 0.25) is 0 Å². The molecule has 0 fully saturated rings. The molecule has 40 heavy (non-hydrogen) atoms. The van der Waals surface area contributed by atoms with E-state index in [1.165, 1.54) is 0 Å². The summed E-state index contributed by atoms with van der Waals surface area (Å²) in [6, 6.07) is 19.4. The molecule has 0 aliphatic carbocycles. The smallest absolute Gasteiger partial charge is 0.337 e. The Morgan fingerprint density at radius 2 is 1.00 bits per heavy atom. The monoisotopic (exact) mass is 538 g/mol.